The summed E-state index contributed by atoms with van der Waals surface area (Å²) < 4.78 is 0.990. The fourth-order valence-corrected chi connectivity index (χ4v) is 2.85. The number of carboxylic acid groups (broad SMARTS) is 1. The third kappa shape index (κ3) is 3.41. The lowest BCUT2D eigenvalue weighted by Crippen LogP contribution is -2.48. The Morgan fingerprint density at radius 1 is 1.43 bits per heavy atom. The summed E-state index contributed by atoms with van der Waals surface area (Å²) in [5.41, 5.74) is 0.976. The lowest BCUT2D eigenvalue weighted by Gasteiger charge is -2.26. The summed E-state index contributed by atoms with van der Waals surface area (Å²) in [4.78, 5) is 15.9. The molecule has 0 aliphatic rings. The van der Waals surface area contributed by atoms with Crippen molar-refractivity contribution in [1.29, 1.82) is 0 Å². The van der Waals surface area contributed by atoms with Gasteiger partial charge in [0.25, 0.3) is 0 Å². The molecule has 21 heavy (non-hydrogen) atoms. The van der Waals surface area contributed by atoms with Crippen LogP contribution in [0.15, 0.2) is 34.9 Å². The lowest BCUT2D eigenvalue weighted by molar-refractivity contribution is -0.144. The van der Waals surface area contributed by atoms with Crippen molar-refractivity contribution in [2.75, 3.05) is 0 Å². The van der Waals surface area contributed by atoms with Crippen molar-refractivity contribution >= 4 is 32.8 Å². The van der Waals surface area contributed by atoms with Crippen molar-refractivity contribution < 1.29 is 9.90 Å². The largest absolute Gasteiger partial charge is 0.480 e. The highest BCUT2D eigenvalue weighted by Gasteiger charge is 2.31. The minimum Gasteiger partial charge on any atom is -0.480 e. The molecule has 2 rings (SSSR count). The monoisotopic (exact) mass is 350 g/mol. The highest BCUT2D eigenvalue weighted by Crippen LogP contribution is 2.25. The van der Waals surface area contributed by atoms with Crippen molar-refractivity contribution in [1.82, 2.24) is 10.3 Å². The topological polar surface area (TPSA) is 62.2 Å². The summed E-state index contributed by atoms with van der Waals surface area (Å²) in [6.45, 7) is 4.19. The molecule has 0 spiro atoms. The number of carboxylic acids is 1. The van der Waals surface area contributed by atoms with Crippen LogP contribution in [0.4, 0.5) is 0 Å². The van der Waals surface area contributed by atoms with E-state index in [1.165, 1.54) is 0 Å². The number of fused-ring (bicyclic) bond motifs is 1. The summed E-state index contributed by atoms with van der Waals surface area (Å²) in [6.07, 6.45) is 3.15. The Bertz CT molecular complexity index is 660. The van der Waals surface area contributed by atoms with Gasteiger partial charge in [-0.1, -0.05) is 41.4 Å². The van der Waals surface area contributed by atoms with Crippen LogP contribution in [0.25, 0.3) is 10.9 Å². The number of hydrogen-bond acceptors (Lipinski definition) is 3. The Balaban J connectivity index is 2.28. The van der Waals surface area contributed by atoms with E-state index in [1.54, 1.807) is 13.1 Å². The normalized spacial score (nSPS) is 14.0. The molecular formula is C16H19BrN2O2. The molecular weight excluding hydrogens is 332 g/mol. The first kappa shape index (κ1) is 15.9. The van der Waals surface area contributed by atoms with Gasteiger partial charge in [-0.3, -0.25) is 15.1 Å². The SMILES string of the molecule is CCCC(C)(NCc1ccc(Br)c2cccnc12)C(=O)O. The van der Waals surface area contributed by atoms with Crippen LogP contribution < -0.4 is 5.32 Å². The van der Waals surface area contributed by atoms with E-state index in [0.29, 0.717) is 13.0 Å². The molecule has 0 fully saturated rings. The van der Waals surface area contributed by atoms with Gasteiger partial charge in [0, 0.05) is 22.6 Å². The van der Waals surface area contributed by atoms with Crippen LogP contribution >= 0.6 is 15.9 Å². The van der Waals surface area contributed by atoms with Gasteiger partial charge in [-0.2, -0.15) is 0 Å². The minimum absolute atomic E-state index is 0.476. The average Bonchev–Trinajstić information content (AvgIpc) is 2.47. The second kappa shape index (κ2) is 6.54. The number of rotatable bonds is 6. The van der Waals surface area contributed by atoms with E-state index in [-0.39, 0.29) is 0 Å². The van der Waals surface area contributed by atoms with Gasteiger partial charge in [-0.25, -0.2) is 0 Å². The van der Waals surface area contributed by atoms with Crippen molar-refractivity contribution in [3.63, 3.8) is 0 Å². The fraction of sp³-hybridized carbons (Fsp3) is 0.375. The first-order chi connectivity index (χ1) is 9.98. The predicted octanol–water partition coefficient (Wildman–Crippen LogP) is 3.73. The van der Waals surface area contributed by atoms with Crippen LogP contribution in [0.3, 0.4) is 0 Å². The zero-order valence-electron chi connectivity index (χ0n) is 12.2. The number of nitrogens with zero attached hydrogens (tertiary/aromatic N) is 1. The second-order valence-electron chi connectivity index (χ2n) is 5.35. The van der Waals surface area contributed by atoms with Crippen molar-refractivity contribution in [3.8, 4) is 0 Å². The van der Waals surface area contributed by atoms with E-state index in [1.807, 2.05) is 31.2 Å². The second-order valence-corrected chi connectivity index (χ2v) is 6.20. The Hall–Kier alpha value is -1.46. The summed E-state index contributed by atoms with van der Waals surface area (Å²) in [6, 6.07) is 7.83. The van der Waals surface area contributed by atoms with E-state index in [0.717, 1.165) is 27.4 Å². The summed E-state index contributed by atoms with van der Waals surface area (Å²) in [7, 11) is 0. The third-order valence-electron chi connectivity index (χ3n) is 3.69. The van der Waals surface area contributed by atoms with Crippen molar-refractivity contribution in [2.45, 2.75) is 38.8 Å². The Kier molecular flexibility index (Phi) is 4.96. The van der Waals surface area contributed by atoms with Gasteiger partial charge in [0.15, 0.2) is 0 Å². The van der Waals surface area contributed by atoms with Crippen molar-refractivity contribution in [2.24, 2.45) is 0 Å². The molecule has 2 N–H and O–H groups in total. The molecule has 1 atom stereocenters. The maximum absolute atomic E-state index is 11.5. The molecule has 5 heteroatoms. The summed E-state index contributed by atoms with van der Waals surface area (Å²) >= 11 is 3.52. The fourth-order valence-electron chi connectivity index (χ4n) is 2.40. The van der Waals surface area contributed by atoms with E-state index < -0.39 is 11.5 Å². The van der Waals surface area contributed by atoms with Crippen LogP contribution in [0.5, 0.6) is 0 Å². The van der Waals surface area contributed by atoms with Gasteiger partial charge in [0.1, 0.15) is 5.54 Å². The number of hydrogen-bond donors (Lipinski definition) is 2. The molecule has 1 aromatic heterocycles. The van der Waals surface area contributed by atoms with E-state index in [2.05, 4.69) is 26.2 Å². The van der Waals surface area contributed by atoms with Crippen LogP contribution in [0.1, 0.15) is 32.3 Å². The van der Waals surface area contributed by atoms with E-state index in [9.17, 15) is 9.90 Å². The molecule has 0 amide bonds. The summed E-state index contributed by atoms with van der Waals surface area (Å²) in [5.74, 6) is -0.821. The molecule has 1 heterocycles. The molecule has 0 radical (unpaired) electrons. The number of aliphatic carboxylic acids is 1. The lowest BCUT2D eigenvalue weighted by atomic mass is 9.95. The van der Waals surface area contributed by atoms with Gasteiger partial charge < -0.3 is 5.11 Å². The quantitative estimate of drug-likeness (QED) is 0.833. The Labute approximate surface area is 132 Å². The molecule has 112 valence electrons. The number of pyridine rings is 1. The zero-order valence-corrected chi connectivity index (χ0v) is 13.8. The predicted molar refractivity (Wildman–Crippen MR) is 87.2 cm³/mol. The molecule has 0 aliphatic carbocycles. The highest BCUT2D eigenvalue weighted by atomic mass is 79.9. The van der Waals surface area contributed by atoms with Gasteiger partial charge in [0.2, 0.25) is 0 Å². The Morgan fingerprint density at radius 3 is 2.86 bits per heavy atom. The molecule has 4 nitrogen and oxygen atoms in total. The molecule has 0 saturated heterocycles. The van der Waals surface area contributed by atoms with Gasteiger partial charge in [0.05, 0.1) is 5.52 Å². The molecule has 2 aromatic rings. The van der Waals surface area contributed by atoms with Crippen LogP contribution in [0, 0.1) is 0 Å². The van der Waals surface area contributed by atoms with E-state index >= 15 is 0 Å². The average molecular weight is 351 g/mol. The van der Waals surface area contributed by atoms with Gasteiger partial charge in [-0.05, 0) is 31.0 Å². The molecule has 1 unspecified atom stereocenters. The maximum Gasteiger partial charge on any atom is 0.323 e. The standard InChI is InChI=1S/C16H19BrN2O2/c1-3-8-16(2,15(20)21)19-10-11-6-7-13(17)12-5-4-9-18-14(11)12/h4-7,9,19H,3,8,10H2,1-2H3,(H,20,21). The first-order valence-corrected chi connectivity index (χ1v) is 7.78. The zero-order chi connectivity index (χ0) is 15.5. The smallest absolute Gasteiger partial charge is 0.323 e. The molecule has 0 saturated carbocycles. The number of halogens is 1. The maximum atomic E-state index is 11.5. The van der Waals surface area contributed by atoms with E-state index in [4.69, 9.17) is 0 Å². The molecule has 0 bridgehead atoms. The van der Waals surface area contributed by atoms with Crippen LogP contribution in [-0.4, -0.2) is 21.6 Å². The van der Waals surface area contributed by atoms with Gasteiger partial charge in [-0.15, -0.1) is 0 Å². The number of carbonyl (C=O) groups is 1. The number of aromatic nitrogens is 1. The highest BCUT2D eigenvalue weighted by molar-refractivity contribution is 9.10. The minimum atomic E-state index is -0.914. The first-order valence-electron chi connectivity index (χ1n) is 6.98. The number of benzene rings is 1. The summed E-state index contributed by atoms with van der Waals surface area (Å²) in [5, 5.41) is 13.6. The molecule has 1 aromatic carbocycles. The van der Waals surface area contributed by atoms with Crippen molar-refractivity contribution in [3.05, 3.63) is 40.5 Å². The number of nitrogens with one attached hydrogen (secondary N) is 1. The molecule has 0 aliphatic heterocycles. The van der Waals surface area contributed by atoms with Crippen LogP contribution in [0.2, 0.25) is 0 Å². The van der Waals surface area contributed by atoms with Crippen LogP contribution in [-0.2, 0) is 11.3 Å². The Morgan fingerprint density at radius 2 is 2.19 bits per heavy atom. The van der Waals surface area contributed by atoms with Gasteiger partial charge >= 0.3 is 5.97 Å². The third-order valence-corrected chi connectivity index (χ3v) is 4.38.